The van der Waals surface area contributed by atoms with Gasteiger partial charge in [0, 0.05) is 57.5 Å². The average Bonchev–Trinajstić information content (AvgIpc) is 4.07. The van der Waals surface area contributed by atoms with Crippen molar-refractivity contribution in [2.24, 2.45) is 5.92 Å². The molecule has 4 fully saturated rings. The van der Waals surface area contributed by atoms with Gasteiger partial charge in [-0.2, -0.15) is 0 Å². The highest BCUT2D eigenvalue weighted by Crippen LogP contribution is 2.35. The molecule has 6 atom stereocenters. The van der Waals surface area contributed by atoms with Crippen molar-refractivity contribution >= 4 is 69.0 Å². The Morgan fingerprint density at radius 1 is 0.899 bits per heavy atom. The molecule has 2 aromatic rings. The van der Waals surface area contributed by atoms with Gasteiger partial charge in [0.05, 0.1) is 42.6 Å². The summed E-state index contributed by atoms with van der Waals surface area (Å²) in [6, 6.07) is 11.8. The van der Waals surface area contributed by atoms with Crippen molar-refractivity contribution < 1.29 is 51.5 Å². The third-order valence-corrected chi connectivity index (χ3v) is 15.4. The standard InChI is InChI=1S/C45H61N11O11S2/c1-53(19-16-48-39(60)25-67-34-9-5-8-31-40(34)44(64)56(43(31)63)33-10-11-36(57)51-42(33)62)18-15-47-38(59)24-54(2)35-21-28(12-14-46-35)27-6-4-7-29(20-27)32-26-68-45(50-32)52-37(58)22-49-41(61)30-13-17-55(23-30)69(3,65)66/h4-9,20,28,30,32-33,35,45-46,50H,10-19,21-26H2,1-3H3,(H,47,59)(H,48,60)(H,49,61)(H,52,58)(H,51,57,62). The maximum absolute atomic E-state index is 13.3. The first-order chi connectivity index (χ1) is 32.9. The number of imide groups is 2. The van der Waals surface area contributed by atoms with Gasteiger partial charge in [-0.25, -0.2) is 12.7 Å². The number of amides is 8. The maximum Gasteiger partial charge on any atom is 0.266 e. The SMILES string of the molecule is CN(CCNC(=O)COc1cccc2c1C(=O)N(C1CCC(=O)NC1=O)C2=O)CCNC(=O)CN(C)C1CC(c2cccc(C3CSC(NC(=O)CNC(=O)C4CCN(S(C)(=O)=O)C4)N3)c2)CCN1. The molecule has 0 saturated carbocycles. The number of sulfonamides is 1. The van der Waals surface area contributed by atoms with Crippen LogP contribution in [0, 0.1) is 5.92 Å². The van der Waals surface area contributed by atoms with E-state index < -0.39 is 58.1 Å². The molecule has 24 heteroatoms. The van der Waals surface area contributed by atoms with Crippen LogP contribution in [0.4, 0.5) is 0 Å². The highest BCUT2D eigenvalue weighted by atomic mass is 32.2. The number of hydrogen-bond donors (Lipinski definition) is 7. The molecule has 0 aliphatic carbocycles. The van der Waals surface area contributed by atoms with Crippen LogP contribution >= 0.6 is 11.8 Å². The number of likely N-dealkylation sites (N-methyl/N-ethyl adjacent to an activating group) is 2. The van der Waals surface area contributed by atoms with Crippen molar-refractivity contribution in [1.29, 1.82) is 0 Å². The average molecular weight is 996 g/mol. The van der Waals surface area contributed by atoms with Gasteiger partial charge < -0.3 is 36.2 Å². The maximum atomic E-state index is 13.3. The minimum atomic E-state index is -3.37. The van der Waals surface area contributed by atoms with Gasteiger partial charge in [-0.3, -0.25) is 58.8 Å². The molecule has 8 amide bonds. The van der Waals surface area contributed by atoms with Crippen LogP contribution in [0.25, 0.3) is 0 Å². The number of carbonyl (C=O) groups is 8. The molecule has 6 unspecified atom stereocenters. The molecule has 374 valence electrons. The Hall–Kier alpha value is -5.50. The van der Waals surface area contributed by atoms with Crippen molar-refractivity contribution in [2.45, 2.75) is 61.8 Å². The largest absolute Gasteiger partial charge is 0.483 e. The van der Waals surface area contributed by atoms with Gasteiger partial charge in [0.1, 0.15) is 17.3 Å². The molecule has 0 bridgehead atoms. The van der Waals surface area contributed by atoms with Crippen molar-refractivity contribution in [1.82, 2.24) is 56.2 Å². The van der Waals surface area contributed by atoms with Crippen LogP contribution in [0.2, 0.25) is 0 Å². The van der Waals surface area contributed by atoms with Crippen molar-refractivity contribution in [2.75, 3.05) is 91.6 Å². The highest BCUT2D eigenvalue weighted by Gasteiger charge is 2.46. The number of nitrogens with zero attached hydrogens (tertiary/aromatic N) is 4. The third-order valence-electron chi connectivity index (χ3n) is 13.0. The predicted octanol–water partition coefficient (Wildman–Crippen LogP) is -1.77. The Balaban J connectivity index is 0.766. The van der Waals surface area contributed by atoms with E-state index in [-0.39, 0.29) is 104 Å². The van der Waals surface area contributed by atoms with Crippen LogP contribution < -0.4 is 42.0 Å². The van der Waals surface area contributed by atoms with Gasteiger partial charge in [0.15, 0.2) is 6.61 Å². The molecule has 5 heterocycles. The summed E-state index contributed by atoms with van der Waals surface area (Å²) in [5.74, 6) is -3.25. The molecular weight excluding hydrogens is 935 g/mol. The fourth-order valence-corrected chi connectivity index (χ4v) is 11.2. The van der Waals surface area contributed by atoms with Crippen molar-refractivity contribution in [3.8, 4) is 5.75 Å². The van der Waals surface area contributed by atoms with Crippen LogP contribution in [0.1, 0.15) is 75.9 Å². The molecule has 2 aromatic carbocycles. The number of piperidine rings is 2. The number of hydrogen-bond acceptors (Lipinski definition) is 16. The molecule has 7 rings (SSSR count). The summed E-state index contributed by atoms with van der Waals surface area (Å²) in [5, 5.41) is 20.5. The minimum absolute atomic E-state index is 0.00319. The lowest BCUT2D eigenvalue weighted by molar-refractivity contribution is -0.136. The number of carbonyl (C=O) groups excluding carboxylic acids is 8. The lowest BCUT2D eigenvalue weighted by Gasteiger charge is -2.36. The van der Waals surface area contributed by atoms with Crippen molar-refractivity contribution in [3.05, 3.63) is 64.7 Å². The molecule has 5 aliphatic rings. The summed E-state index contributed by atoms with van der Waals surface area (Å²) in [6.07, 6.45) is 3.29. The molecule has 5 aliphatic heterocycles. The zero-order valence-corrected chi connectivity index (χ0v) is 40.5. The number of fused-ring (bicyclic) bond motifs is 1. The van der Waals surface area contributed by atoms with E-state index in [0.29, 0.717) is 26.1 Å². The summed E-state index contributed by atoms with van der Waals surface area (Å²) in [4.78, 5) is 106. The van der Waals surface area contributed by atoms with E-state index in [0.717, 1.165) is 41.9 Å². The number of ether oxygens (including phenoxy) is 1. The van der Waals surface area contributed by atoms with E-state index in [4.69, 9.17) is 4.74 Å². The number of rotatable bonds is 20. The van der Waals surface area contributed by atoms with Crippen LogP contribution in [0.3, 0.4) is 0 Å². The van der Waals surface area contributed by atoms with Gasteiger partial charge in [-0.1, -0.05) is 30.3 Å². The smallest absolute Gasteiger partial charge is 0.266 e. The Bertz CT molecular complexity index is 2430. The van der Waals surface area contributed by atoms with E-state index in [1.54, 1.807) is 11.8 Å². The fourth-order valence-electron chi connectivity index (χ4n) is 9.14. The van der Waals surface area contributed by atoms with E-state index in [2.05, 4.69) is 55.4 Å². The normalized spacial score (nSPS) is 24.0. The van der Waals surface area contributed by atoms with Gasteiger partial charge in [0.2, 0.25) is 39.6 Å². The molecule has 22 nitrogen and oxygen atoms in total. The summed E-state index contributed by atoms with van der Waals surface area (Å²) in [5.41, 5.74) is 2.00. The predicted molar refractivity (Wildman–Crippen MR) is 253 cm³/mol. The fraction of sp³-hybridized carbons (Fsp3) is 0.556. The summed E-state index contributed by atoms with van der Waals surface area (Å²) in [7, 11) is 0.426. The Morgan fingerprint density at radius 2 is 1.64 bits per heavy atom. The van der Waals surface area contributed by atoms with Crippen LogP contribution in [-0.2, 0) is 38.8 Å². The molecule has 0 aromatic heterocycles. The topological polar surface area (TPSA) is 277 Å². The summed E-state index contributed by atoms with van der Waals surface area (Å²) < 4.78 is 30.5. The number of nitrogens with one attached hydrogen (secondary N) is 7. The Kier molecular flexibility index (Phi) is 17.1. The zero-order valence-electron chi connectivity index (χ0n) is 38.9. The Morgan fingerprint density at radius 3 is 2.38 bits per heavy atom. The lowest BCUT2D eigenvalue weighted by Crippen LogP contribution is -2.54. The van der Waals surface area contributed by atoms with Gasteiger partial charge in [0.25, 0.3) is 17.7 Å². The van der Waals surface area contributed by atoms with Crippen LogP contribution in [0.5, 0.6) is 5.75 Å². The Labute approximate surface area is 405 Å². The quantitative estimate of drug-likeness (QED) is 0.0724. The minimum Gasteiger partial charge on any atom is -0.483 e. The molecule has 69 heavy (non-hydrogen) atoms. The first kappa shape index (κ1) is 51.4. The van der Waals surface area contributed by atoms with E-state index in [1.165, 1.54) is 28.1 Å². The van der Waals surface area contributed by atoms with Crippen LogP contribution in [-0.4, -0.2) is 184 Å². The molecule has 4 saturated heterocycles. The summed E-state index contributed by atoms with van der Waals surface area (Å²) in [6.45, 7) is 2.49. The van der Waals surface area contributed by atoms with E-state index in [1.807, 2.05) is 30.0 Å². The molecule has 7 N–H and O–H groups in total. The monoisotopic (exact) mass is 995 g/mol. The van der Waals surface area contributed by atoms with Gasteiger partial charge in [-0.15, -0.1) is 11.8 Å². The second-order valence-corrected chi connectivity index (χ2v) is 21.1. The number of benzene rings is 2. The lowest BCUT2D eigenvalue weighted by atomic mass is 9.87. The van der Waals surface area contributed by atoms with E-state index >= 15 is 0 Å². The highest BCUT2D eigenvalue weighted by molar-refractivity contribution is 8.00. The van der Waals surface area contributed by atoms with Crippen LogP contribution in [0.15, 0.2) is 42.5 Å². The van der Waals surface area contributed by atoms with E-state index in [9.17, 15) is 46.8 Å². The van der Waals surface area contributed by atoms with Gasteiger partial charge >= 0.3 is 0 Å². The molecular formula is C45H61N11O11S2. The third kappa shape index (κ3) is 13.2. The second-order valence-electron chi connectivity index (χ2n) is 18.0. The first-order valence-corrected chi connectivity index (χ1v) is 26.0. The summed E-state index contributed by atoms with van der Waals surface area (Å²) >= 11 is 1.57. The van der Waals surface area contributed by atoms with Gasteiger partial charge in [-0.05, 0) is 75.5 Å². The number of thioether (sulfide) groups is 1. The zero-order chi connectivity index (χ0) is 49.4. The molecule has 0 spiro atoms. The van der Waals surface area contributed by atoms with Crippen molar-refractivity contribution in [3.63, 3.8) is 0 Å². The molecule has 0 radical (unpaired) electrons. The second kappa shape index (κ2) is 22.9. The first-order valence-electron chi connectivity index (χ1n) is 23.1.